The van der Waals surface area contributed by atoms with Crippen LogP contribution in [0.5, 0.6) is 5.75 Å². The van der Waals surface area contributed by atoms with Gasteiger partial charge in [-0.3, -0.25) is 0 Å². The molecular weight excluding hydrogens is 266 g/mol. The summed E-state index contributed by atoms with van der Waals surface area (Å²) in [7, 11) is 2.07. The molecule has 1 aromatic carbocycles. The molecule has 112 valence electrons. The van der Waals surface area contributed by atoms with E-state index in [1.807, 2.05) is 11.8 Å². The van der Waals surface area contributed by atoms with E-state index in [1.165, 1.54) is 23.3 Å². The van der Waals surface area contributed by atoms with Crippen molar-refractivity contribution in [3.63, 3.8) is 0 Å². The summed E-state index contributed by atoms with van der Waals surface area (Å²) in [6.07, 6.45) is 3.40. The standard InChI is InChI=1S/C17H27NOS/c1-17(2,3)20-12-15(18-4)7-5-13-6-8-16-14(11-13)9-10-19-16/h6,8,11,15,18H,5,7,9-10,12H2,1-4H3. The summed E-state index contributed by atoms with van der Waals surface area (Å²) >= 11 is 2.04. The van der Waals surface area contributed by atoms with Gasteiger partial charge in [0, 0.05) is 23.0 Å². The van der Waals surface area contributed by atoms with E-state index in [9.17, 15) is 0 Å². The number of hydrogen-bond acceptors (Lipinski definition) is 3. The Hall–Kier alpha value is -0.670. The maximum absolute atomic E-state index is 5.56. The predicted molar refractivity (Wildman–Crippen MR) is 89.0 cm³/mol. The zero-order valence-corrected chi connectivity index (χ0v) is 14.0. The first-order valence-electron chi connectivity index (χ1n) is 7.54. The van der Waals surface area contributed by atoms with E-state index in [0.717, 1.165) is 25.2 Å². The Bertz CT molecular complexity index is 439. The Morgan fingerprint density at radius 3 is 2.85 bits per heavy atom. The second kappa shape index (κ2) is 6.86. The number of hydrogen-bond donors (Lipinski definition) is 1. The van der Waals surface area contributed by atoms with Gasteiger partial charge in [0.25, 0.3) is 0 Å². The van der Waals surface area contributed by atoms with E-state index in [0.29, 0.717) is 10.8 Å². The zero-order chi connectivity index (χ0) is 14.6. The first-order valence-corrected chi connectivity index (χ1v) is 8.52. The number of thioether (sulfide) groups is 1. The fraction of sp³-hybridized carbons (Fsp3) is 0.647. The lowest BCUT2D eigenvalue weighted by Crippen LogP contribution is -2.30. The minimum absolute atomic E-state index is 0.347. The summed E-state index contributed by atoms with van der Waals surface area (Å²) in [5.41, 5.74) is 2.82. The van der Waals surface area contributed by atoms with E-state index >= 15 is 0 Å². The van der Waals surface area contributed by atoms with Crippen LogP contribution in [-0.2, 0) is 12.8 Å². The van der Waals surface area contributed by atoms with Gasteiger partial charge in [-0.25, -0.2) is 0 Å². The molecule has 20 heavy (non-hydrogen) atoms. The quantitative estimate of drug-likeness (QED) is 0.864. The molecule has 0 radical (unpaired) electrons. The summed E-state index contributed by atoms with van der Waals surface area (Å²) < 4.78 is 5.91. The molecule has 1 atom stereocenters. The summed E-state index contributed by atoms with van der Waals surface area (Å²) in [4.78, 5) is 0. The van der Waals surface area contributed by atoms with Crippen LogP contribution in [0.2, 0.25) is 0 Å². The van der Waals surface area contributed by atoms with Crippen molar-refractivity contribution in [2.45, 2.75) is 50.8 Å². The molecule has 1 aliphatic heterocycles. The minimum atomic E-state index is 0.347. The van der Waals surface area contributed by atoms with Crippen molar-refractivity contribution >= 4 is 11.8 Å². The van der Waals surface area contributed by atoms with E-state index in [4.69, 9.17) is 4.74 Å². The Labute approximate surface area is 127 Å². The van der Waals surface area contributed by atoms with Crippen molar-refractivity contribution in [2.24, 2.45) is 0 Å². The molecule has 3 heteroatoms. The SMILES string of the molecule is CNC(CCc1ccc2c(c1)CCO2)CSC(C)(C)C. The van der Waals surface area contributed by atoms with Gasteiger partial charge < -0.3 is 10.1 Å². The Morgan fingerprint density at radius 1 is 1.35 bits per heavy atom. The molecule has 1 N–H and O–H groups in total. The normalized spacial score (nSPS) is 15.8. The summed E-state index contributed by atoms with van der Waals surface area (Å²) in [5.74, 6) is 2.26. The molecule has 1 heterocycles. The molecule has 0 bridgehead atoms. The molecule has 0 aromatic heterocycles. The van der Waals surface area contributed by atoms with Gasteiger partial charge in [0.05, 0.1) is 6.61 Å². The van der Waals surface area contributed by atoms with Gasteiger partial charge in [-0.2, -0.15) is 11.8 Å². The predicted octanol–water partition coefficient (Wildman–Crippen LogP) is 3.67. The fourth-order valence-electron chi connectivity index (χ4n) is 2.40. The number of fused-ring (bicyclic) bond motifs is 1. The van der Waals surface area contributed by atoms with Crippen molar-refractivity contribution in [1.29, 1.82) is 0 Å². The highest BCUT2D eigenvalue weighted by atomic mass is 32.2. The summed E-state index contributed by atoms with van der Waals surface area (Å²) in [6.45, 7) is 7.70. The molecule has 0 amide bonds. The van der Waals surface area contributed by atoms with Gasteiger partial charge in [0.2, 0.25) is 0 Å². The Balaban J connectivity index is 1.83. The van der Waals surface area contributed by atoms with Gasteiger partial charge in [0.15, 0.2) is 0 Å². The van der Waals surface area contributed by atoms with E-state index < -0.39 is 0 Å². The van der Waals surface area contributed by atoms with Gasteiger partial charge in [-0.05, 0) is 37.1 Å². The molecule has 2 nitrogen and oxygen atoms in total. The Kier molecular flexibility index (Phi) is 5.39. The van der Waals surface area contributed by atoms with Crippen molar-refractivity contribution in [3.05, 3.63) is 29.3 Å². The van der Waals surface area contributed by atoms with Gasteiger partial charge in [-0.1, -0.05) is 32.9 Å². The lowest BCUT2D eigenvalue weighted by Gasteiger charge is -2.22. The molecule has 1 aromatic rings. The number of ether oxygens (including phenoxy) is 1. The smallest absolute Gasteiger partial charge is 0.122 e. The lowest BCUT2D eigenvalue weighted by atomic mass is 10.0. The summed E-state index contributed by atoms with van der Waals surface area (Å²) in [5, 5.41) is 3.45. The van der Waals surface area contributed by atoms with Crippen molar-refractivity contribution < 1.29 is 4.74 Å². The number of rotatable bonds is 6. The van der Waals surface area contributed by atoms with Crippen LogP contribution >= 0.6 is 11.8 Å². The first kappa shape index (κ1) is 15.7. The van der Waals surface area contributed by atoms with Gasteiger partial charge in [0.1, 0.15) is 5.75 Å². The molecule has 2 rings (SSSR count). The molecular formula is C17H27NOS. The van der Waals surface area contributed by atoms with Crippen molar-refractivity contribution in [3.8, 4) is 5.75 Å². The largest absolute Gasteiger partial charge is 0.493 e. The first-order chi connectivity index (χ1) is 9.48. The van der Waals surface area contributed by atoms with Gasteiger partial charge in [-0.15, -0.1) is 0 Å². The second-order valence-electron chi connectivity index (χ2n) is 6.49. The summed E-state index contributed by atoms with van der Waals surface area (Å²) in [6, 6.07) is 7.26. The number of benzene rings is 1. The highest BCUT2D eigenvalue weighted by molar-refractivity contribution is 8.00. The lowest BCUT2D eigenvalue weighted by molar-refractivity contribution is 0.357. The molecule has 0 fully saturated rings. The van der Waals surface area contributed by atoms with Crippen LogP contribution in [0, 0.1) is 0 Å². The number of nitrogens with one attached hydrogen (secondary N) is 1. The average molecular weight is 293 g/mol. The van der Waals surface area contributed by atoms with Gasteiger partial charge >= 0.3 is 0 Å². The zero-order valence-electron chi connectivity index (χ0n) is 13.2. The van der Waals surface area contributed by atoms with Crippen LogP contribution in [0.15, 0.2) is 18.2 Å². The van der Waals surface area contributed by atoms with Crippen LogP contribution in [0.3, 0.4) is 0 Å². The molecule has 0 saturated carbocycles. The minimum Gasteiger partial charge on any atom is -0.493 e. The van der Waals surface area contributed by atoms with Crippen LogP contribution in [-0.4, -0.2) is 30.2 Å². The maximum Gasteiger partial charge on any atom is 0.122 e. The van der Waals surface area contributed by atoms with Crippen LogP contribution in [0.1, 0.15) is 38.3 Å². The fourth-order valence-corrected chi connectivity index (χ4v) is 3.43. The van der Waals surface area contributed by atoms with E-state index in [-0.39, 0.29) is 0 Å². The second-order valence-corrected chi connectivity index (χ2v) is 8.33. The van der Waals surface area contributed by atoms with Crippen molar-refractivity contribution in [2.75, 3.05) is 19.4 Å². The van der Waals surface area contributed by atoms with Crippen LogP contribution < -0.4 is 10.1 Å². The molecule has 0 aliphatic carbocycles. The highest BCUT2D eigenvalue weighted by Gasteiger charge is 2.16. The third-order valence-corrected chi connectivity index (χ3v) is 5.10. The van der Waals surface area contributed by atoms with E-state index in [1.54, 1.807) is 0 Å². The average Bonchev–Trinajstić information content (AvgIpc) is 2.85. The van der Waals surface area contributed by atoms with Crippen molar-refractivity contribution in [1.82, 2.24) is 5.32 Å². The highest BCUT2D eigenvalue weighted by Crippen LogP contribution is 2.27. The number of aryl methyl sites for hydroxylation is 1. The molecule has 0 spiro atoms. The molecule has 0 saturated heterocycles. The Morgan fingerprint density at radius 2 is 2.15 bits per heavy atom. The van der Waals surface area contributed by atoms with Crippen LogP contribution in [0.25, 0.3) is 0 Å². The van der Waals surface area contributed by atoms with E-state index in [2.05, 4.69) is 51.3 Å². The topological polar surface area (TPSA) is 21.3 Å². The third kappa shape index (κ3) is 4.71. The third-order valence-electron chi connectivity index (χ3n) is 3.66. The monoisotopic (exact) mass is 293 g/mol. The maximum atomic E-state index is 5.56. The molecule has 1 aliphatic rings. The molecule has 1 unspecified atom stereocenters. The van der Waals surface area contributed by atoms with Crippen LogP contribution in [0.4, 0.5) is 0 Å².